The maximum Gasteiger partial charge on any atom is 0.251 e. The Bertz CT molecular complexity index is 1190. The lowest BCUT2D eigenvalue weighted by molar-refractivity contribution is -0.118. The second-order valence-electron chi connectivity index (χ2n) is 7.60. The number of benzene rings is 1. The van der Waals surface area contributed by atoms with Gasteiger partial charge < -0.3 is 9.64 Å². The summed E-state index contributed by atoms with van der Waals surface area (Å²) < 4.78 is 33.8. The maximum atomic E-state index is 13.3. The van der Waals surface area contributed by atoms with Crippen molar-refractivity contribution in [2.75, 3.05) is 24.5 Å². The van der Waals surface area contributed by atoms with Crippen LogP contribution in [0.15, 0.2) is 29.4 Å². The molecule has 1 amide bonds. The van der Waals surface area contributed by atoms with Gasteiger partial charge in [-0.2, -0.15) is 9.57 Å². The third-order valence-electron chi connectivity index (χ3n) is 5.82. The molecule has 0 N–H and O–H groups in total. The highest BCUT2D eigenvalue weighted by Gasteiger charge is 2.37. The molecule has 5 rings (SSSR count). The summed E-state index contributed by atoms with van der Waals surface area (Å²) in [5, 5.41) is 9.13. The van der Waals surface area contributed by atoms with Gasteiger partial charge in [0.25, 0.3) is 5.88 Å². The molecule has 3 aliphatic heterocycles. The van der Waals surface area contributed by atoms with Crippen LogP contribution in [0.3, 0.4) is 0 Å². The number of hydrogen-bond acceptors (Lipinski definition) is 7. The van der Waals surface area contributed by atoms with Crippen molar-refractivity contribution in [1.82, 2.24) is 14.3 Å². The molecule has 1 aromatic heterocycles. The number of anilines is 1. The van der Waals surface area contributed by atoms with Gasteiger partial charge in [0.2, 0.25) is 21.6 Å². The van der Waals surface area contributed by atoms with Gasteiger partial charge in [-0.15, -0.1) is 0 Å². The number of nitriles is 1. The van der Waals surface area contributed by atoms with Crippen molar-refractivity contribution in [1.29, 1.82) is 5.26 Å². The van der Waals surface area contributed by atoms with E-state index in [0.717, 1.165) is 16.8 Å². The first-order chi connectivity index (χ1) is 14.5. The topological polar surface area (TPSA) is 116 Å². The minimum absolute atomic E-state index is 0.0793. The highest BCUT2D eigenvalue weighted by molar-refractivity contribution is 7.89. The van der Waals surface area contributed by atoms with Gasteiger partial charge in [0, 0.05) is 31.9 Å². The van der Waals surface area contributed by atoms with E-state index in [1.54, 1.807) is 17.0 Å². The van der Waals surface area contributed by atoms with Crippen molar-refractivity contribution >= 4 is 21.6 Å². The van der Waals surface area contributed by atoms with Crippen LogP contribution in [0, 0.1) is 11.3 Å². The highest BCUT2D eigenvalue weighted by Crippen LogP contribution is 2.39. The van der Waals surface area contributed by atoms with E-state index in [1.165, 1.54) is 16.7 Å². The number of amides is 1. The first-order valence-corrected chi connectivity index (χ1v) is 11.3. The molecule has 3 aliphatic rings. The number of aryl methyl sites for hydroxylation is 1. The third-order valence-corrected chi connectivity index (χ3v) is 7.66. The van der Waals surface area contributed by atoms with Crippen molar-refractivity contribution in [2.24, 2.45) is 0 Å². The van der Waals surface area contributed by atoms with Crippen molar-refractivity contribution in [3.63, 3.8) is 0 Å². The average Bonchev–Trinajstić information content (AvgIpc) is 3.39. The third kappa shape index (κ3) is 3.02. The summed E-state index contributed by atoms with van der Waals surface area (Å²) in [6, 6.07) is 5.34. The van der Waals surface area contributed by atoms with E-state index in [2.05, 4.69) is 9.97 Å². The molecule has 1 atom stereocenters. The molecule has 10 heteroatoms. The van der Waals surface area contributed by atoms with Crippen molar-refractivity contribution in [3.8, 4) is 11.9 Å². The number of rotatable bonds is 4. The van der Waals surface area contributed by atoms with Gasteiger partial charge in [-0.3, -0.25) is 4.79 Å². The van der Waals surface area contributed by atoms with E-state index < -0.39 is 16.1 Å². The molecule has 30 heavy (non-hydrogen) atoms. The van der Waals surface area contributed by atoms with Crippen molar-refractivity contribution < 1.29 is 17.9 Å². The average molecular weight is 425 g/mol. The fourth-order valence-electron chi connectivity index (χ4n) is 4.38. The minimum Gasteiger partial charge on any atom is -0.471 e. The fraction of sp³-hybridized carbons (Fsp3) is 0.400. The molecule has 0 spiro atoms. The molecule has 0 aliphatic carbocycles. The van der Waals surface area contributed by atoms with Crippen molar-refractivity contribution in [3.05, 3.63) is 41.3 Å². The standard InChI is InChI=1S/C20H19N5O4S/c21-11-17-20(23-6-5-22-17)29-15-4-7-24(12-15)30(27,28)16-9-13-1-2-18(26)25-8-3-14(10-16)19(13)25/h5-6,9-10,15H,1-4,7-8,12H2. The van der Waals surface area contributed by atoms with Gasteiger partial charge in [0.1, 0.15) is 12.2 Å². The van der Waals surface area contributed by atoms with Gasteiger partial charge >= 0.3 is 0 Å². The first kappa shape index (κ1) is 19.0. The molecule has 0 radical (unpaired) electrons. The summed E-state index contributed by atoms with van der Waals surface area (Å²) in [6.07, 6.45) is 4.60. The fourth-order valence-corrected chi connectivity index (χ4v) is 5.97. The quantitative estimate of drug-likeness (QED) is 0.718. The molecule has 2 aromatic rings. The van der Waals surface area contributed by atoms with E-state index in [1.807, 2.05) is 6.07 Å². The molecule has 1 aromatic carbocycles. The second-order valence-corrected chi connectivity index (χ2v) is 9.54. The van der Waals surface area contributed by atoms with Crippen LogP contribution in [-0.4, -0.2) is 54.3 Å². The molecule has 0 saturated carbocycles. The normalized spacial score (nSPS) is 20.8. The number of carbonyl (C=O) groups excluding carboxylic acids is 1. The van der Waals surface area contributed by atoms with Crippen molar-refractivity contribution in [2.45, 2.75) is 36.7 Å². The maximum absolute atomic E-state index is 13.3. The summed E-state index contributed by atoms with van der Waals surface area (Å²) in [4.78, 5) is 22.1. The number of carbonyl (C=O) groups is 1. The lowest BCUT2D eigenvalue weighted by Gasteiger charge is -2.26. The van der Waals surface area contributed by atoms with Gasteiger partial charge in [0.15, 0.2) is 0 Å². The molecule has 4 heterocycles. The number of aromatic nitrogens is 2. The second kappa shape index (κ2) is 7.04. The van der Waals surface area contributed by atoms with Crippen LogP contribution in [0.2, 0.25) is 0 Å². The molecule has 154 valence electrons. The number of sulfonamides is 1. The van der Waals surface area contributed by atoms with E-state index >= 15 is 0 Å². The predicted octanol–water partition coefficient (Wildman–Crippen LogP) is 1.03. The zero-order valence-electron chi connectivity index (χ0n) is 16.1. The van der Waals surface area contributed by atoms with Crippen LogP contribution in [0.25, 0.3) is 0 Å². The largest absolute Gasteiger partial charge is 0.471 e. The van der Waals surface area contributed by atoms with Crippen LogP contribution in [0.1, 0.15) is 29.7 Å². The van der Waals surface area contributed by atoms with E-state index in [0.29, 0.717) is 38.8 Å². The zero-order chi connectivity index (χ0) is 20.9. The summed E-state index contributed by atoms with van der Waals surface area (Å²) >= 11 is 0. The molecule has 1 unspecified atom stereocenters. The first-order valence-electron chi connectivity index (χ1n) is 9.81. The lowest BCUT2D eigenvalue weighted by Crippen LogP contribution is -2.33. The Hall–Kier alpha value is -3.03. The number of hydrogen-bond donors (Lipinski definition) is 0. The predicted molar refractivity (Wildman–Crippen MR) is 105 cm³/mol. The molecule has 0 bridgehead atoms. The van der Waals surface area contributed by atoms with E-state index in [9.17, 15) is 13.2 Å². The SMILES string of the molecule is N#Cc1nccnc1OC1CCN(S(=O)(=O)c2cc3c4c(c2)CCN4C(=O)CC3)C1. The summed E-state index contributed by atoms with van der Waals surface area (Å²) in [5.74, 6) is 0.230. The smallest absolute Gasteiger partial charge is 0.251 e. The Balaban J connectivity index is 1.38. The Kier molecular flexibility index (Phi) is 4.45. The molecular weight excluding hydrogens is 406 g/mol. The molecule has 1 saturated heterocycles. The highest BCUT2D eigenvalue weighted by atomic mass is 32.2. The van der Waals surface area contributed by atoms with Gasteiger partial charge in [-0.1, -0.05) is 0 Å². The Morgan fingerprint density at radius 3 is 2.67 bits per heavy atom. The summed E-state index contributed by atoms with van der Waals surface area (Å²) in [6.45, 7) is 1.12. The van der Waals surface area contributed by atoms with Crippen LogP contribution >= 0.6 is 0 Å². The van der Waals surface area contributed by atoms with Crippen LogP contribution in [0.4, 0.5) is 5.69 Å². The lowest BCUT2D eigenvalue weighted by atomic mass is 10.00. The van der Waals surface area contributed by atoms with Gasteiger partial charge in [-0.05, 0) is 42.5 Å². The van der Waals surface area contributed by atoms with E-state index in [-0.39, 0.29) is 28.9 Å². The molecular formula is C20H19N5O4S. The number of nitrogens with zero attached hydrogens (tertiary/aromatic N) is 5. The summed E-state index contributed by atoms with van der Waals surface area (Å²) in [5.41, 5.74) is 2.83. The molecule has 9 nitrogen and oxygen atoms in total. The Labute approximate surface area is 174 Å². The van der Waals surface area contributed by atoms with Crippen LogP contribution in [-0.2, 0) is 27.7 Å². The monoisotopic (exact) mass is 425 g/mol. The number of ether oxygens (including phenoxy) is 1. The Morgan fingerprint density at radius 2 is 1.87 bits per heavy atom. The Morgan fingerprint density at radius 1 is 1.10 bits per heavy atom. The summed E-state index contributed by atoms with van der Waals surface area (Å²) in [7, 11) is -3.69. The van der Waals surface area contributed by atoms with E-state index in [4.69, 9.17) is 10.00 Å². The van der Waals surface area contributed by atoms with Crippen LogP contribution in [0.5, 0.6) is 5.88 Å². The van der Waals surface area contributed by atoms with Gasteiger partial charge in [0.05, 0.1) is 17.1 Å². The minimum atomic E-state index is -3.69. The molecule has 1 fully saturated rings. The van der Waals surface area contributed by atoms with Gasteiger partial charge in [-0.25, -0.2) is 18.4 Å². The van der Waals surface area contributed by atoms with Crippen LogP contribution < -0.4 is 9.64 Å². The zero-order valence-corrected chi connectivity index (χ0v) is 16.9.